The molecule has 74 valence electrons. The number of hydrogen-bond acceptors (Lipinski definition) is 1. The molecule has 0 heterocycles. The van der Waals surface area contributed by atoms with Crippen molar-refractivity contribution in [2.24, 2.45) is 0 Å². The minimum Gasteiger partial charge on any atom is -0.522 e. The standard InChI is InChI=1S/C12H11BO2/c14-13(15)12-8-6-11(7-9-12)10-4-2-1-3-5-10/h1-9,14-15H/p+1. The van der Waals surface area contributed by atoms with Gasteiger partial charge in [0.1, 0.15) is 0 Å². The molecular formula is C12H12BO2+. The van der Waals surface area contributed by atoms with E-state index in [9.17, 15) is 0 Å². The van der Waals surface area contributed by atoms with E-state index in [2.05, 4.69) is 0 Å². The predicted octanol–water partition coefficient (Wildman–Crippen LogP) is 0.766. The maximum atomic E-state index is 9.05. The van der Waals surface area contributed by atoms with E-state index in [0.717, 1.165) is 11.1 Å². The van der Waals surface area contributed by atoms with Crippen LogP contribution in [-0.2, 0) is 0 Å². The first-order chi connectivity index (χ1) is 7.27. The minimum atomic E-state index is -1.14. The third kappa shape index (κ3) is 2.26. The Morgan fingerprint density at radius 2 is 1.33 bits per heavy atom. The van der Waals surface area contributed by atoms with Crippen LogP contribution in [0.4, 0.5) is 0 Å². The van der Waals surface area contributed by atoms with Crippen LogP contribution in [0.3, 0.4) is 0 Å². The van der Waals surface area contributed by atoms with Gasteiger partial charge in [0, 0.05) is 5.46 Å². The monoisotopic (exact) mass is 199 g/mol. The average Bonchev–Trinajstić information content (AvgIpc) is 2.30. The zero-order chi connectivity index (χ0) is 10.7. The minimum absolute atomic E-state index is 0.620. The van der Waals surface area contributed by atoms with Crippen molar-refractivity contribution in [3.05, 3.63) is 54.6 Å². The molecule has 0 radical (unpaired) electrons. The summed E-state index contributed by atoms with van der Waals surface area (Å²) >= 11 is 0. The van der Waals surface area contributed by atoms with Gasteiger partial charge in [0.05, 0.1) is 0 Å². The molecule has 0 aromatic heterocycles. The second-order valence-electron chi connectivity index (χ2n) is 3.39. The third-order valence-electron chi connectivity index (χ3n) is 2.33. The summed E-state index contributed by atoms with van der Waals surface area (Å²) in [4.78, 5) is 0. The first kappa shape index (κ1) is 9.96. The normalized spacial score (nSPS) is 10.0. The maximum Gasteiger partial charge on any atom is 0.727 e. The van der Waals surface area contributed by atoms with E-state index in [1.54, 1.807) is 12.1 Å². The maximum absolute atomic E-state index is 9.05. The Morgan fingerprint density at radius 1 is 0.800 bits per heavy atom. The van der Waals surface area contributed by atoms with Crippen molar-refractivity contribution in [1.29, 1.82) is 0 Å². The fourth-order valence-electron chi connectivity index (χ4n) is 1.49. The molecule has 0 spiro atoms. The Labute approximate surface area is 89.0 Å². The van der Waals surface area contributed by atoms with Gasteiger partial charge in [0.25, 0.3) is 0 Å². The van der Waals surface area contributed by atoms with Gasteiger partial charge in [-0.25, -0.2) is 0 Å². The quantitative estimate of drug-likeness (QED) is 0.563. The molecule has 0 fully saturated rings. The third-order valence-corrected chi connectivity index (χ3v) is 2.33. The molecule has 0 bridgehead atoms. The largest absolute Gasteiger partial charge is 0.727 e. The highest BCUT2D eigenvalue weighted by atomic mass is 16.4. The van der Waals surface area contributed by atoms with Crippen molar-refractivity contribution in [1.82, 2.24) is 0 Å². The molecular weight excluding hydrogens is 187 g/mol. The molecule has 0 aliphatic rings. The molecule has 0 aliphatic heterocycles. The van der Waals surface area contributed by atoms with Gasteiger partial charge in [-0.3, -0.25) is 0 Å². The van der Waals surface area contributed by atoms with Crippen molar-refractivity contribution in [3.8, 4) is 11.1 Å². The number of hydrogen-bond donors (Lipinski definition) is 1. The summed E-state index contributed by atoms with van der Waals surface area (Å²) in [5.41, 5.74) is 2.86. The predicted molar refractivity (Wildman–Crippen MR) is 63.1 cm³/mol. The SMILES string of the molecule is OB([OH2+])c1ccc(-c2ccccc2)cc1. The van der Waals surface area contributed by atoms with E-state index >= 15 is 0 Å². The van der Waals surface area contributed by atoms with Crippen LogP contribution in [0.5, 0.6) is 0 Å². The molecule has 3 heteroatoms. The Bertz CT molecular complexity index is 423. The van der Waals surface area contributed by atoms with Crippen LogP contribution in [0.1, 0.15) is 0 Å². The molecule has 0 saturated heterocycles. The highest BCUT2D eigenvalue weighted by Crippen LogP contribution is 2.16. The smallest absolute Gasteiger partial charge is 0.522 e. The Balaban J connectivity index is 2.32. The first-order valence-electron chi connectivity index (χ1n) is 4.82. The van der Waals surface area contributed by atoms with Crippen LogP contribution in [0.2, 0.25) is 0 Å². The van der Waals surface area contributed by atoms with Gasteiger partial charge in [-0.05, 0) is 11.1 Å². The lowest BCUT2D eigenvalue weighted by Crippen LogP contribution is -2.29. The van der Waals surface area contributed by atoms with E-state index in [4.69, 9.17) is 10.0 Å². The average molecular weight is 199 g/mol. The summed E-state index contributed by atoms with van der Waals surface area (Å²) in [5, 5.41) is 16.2. The number of benzene rings is 2. The van der Waals surface area contributed by atoms with Gasteiger partial charge in [-0.2, -0.15) is 0 Å². The van der Waals surface area contributed by atoms with Gasteiger partial charge in [-0.1, -0.05) is 54.6 Å². The lowest BCUT2D eigenvalue weighted by Gasteiger charge is -2.01. The molecule has 0 saturated carbocycles. The molecule has 0 amide bonds. The lowest BCUT2D eigenvalue weighted by atomic mass is 9.80. The first-order valence-corrected chi connectivity index (χ1v) is 4.82. The zero-order valence-corrected chi connectivity index (χ0v) is 8.22. The number of rotatable bonds is 2. The van der Waals surface area contributed by atoms with Crippen molar-refractivity contribution < 1.29 is 10.0 Å². The summed E-state index contributed by atoms with van der Waals surface area (Å²) in [6.07, 6.45) is 0. The van der Waals surface area contributed by atoms with E-state index in [0.29, 0.717) is 5.46 Å². The Hall–Kier alpha value is -1.58. The van der Waals surface area contributed by atoms with Gasteiger partial charge in [0.2, 0.25) is 0 Å². The lowest BCUT2D eigenvalue weighted by molar-refractivity contribution is 0.426. The fraction of sp³-hybridized carbons (Fsp3) is 0. The van der Waals surface area contributed by atoms with Crippen molar-refractivity contribution in [3.63, 3.8) is 0 Å². The van der Waals surface area contributed by atoms with E-state index in [1.165, 1.54) is 0 Å². The van der Waals surface area contributed by atoms with Crippen LogP contribution in [0.15, 0.2) is 54.6 Å². The summed E-state index contributed by atoms with van der Waals surface area (Å²) in [6, 6.07) is 17.4. The molecule has 0 unspecified atom stereocenters. The summed E-state index contributed by atoms with van der Waals surface area (Å²) in [6.45, 7) is 0. The summed E-state index contributed by atoms with van der Waals surface area (Å²) < 4.78 is 0. The fourth-order valence-corrected chi connectivity index (χ4v) is 1.49. The summed E-state index contributed by atoms with van der Waals surface area (Å²) in [7, 11) is -1.14. The van der Waals surface area contributed by atoms with Crippen LogP contribution in [0.25, 0.3) is 11.1 Å². The van der Waals surface area contributed by atoms with Crippen molar-refractivity contribution in [2.45, 2.75) is 0 Å². The molecule has 0 aliphatic carbocycles. The molecule has 15 heavy (non-hydrogen) atoms. The Morgan fingerprint density at radius 3 is 1.87 bits per heavy atom. The van der Waals surface area contributed by atoms with Crippen LogP contribution in [-0.4, -0.2) is 17.2 Å². The van der Waals surface area contributed by atoms with E-state index in [-0.39, 0.29) is 0 Å². The van der Waals surface area contributed by atoms with Gasteiger partial charge < -0.3 is 10.0 Å². The second-order valence-corrected chi connectivity index (χ2v) is 3.39. The molecule has 2 nitrogen and oxygen atoms in total. The Kier molecular flexibility index (Phi) is 2.85. The van der Waals surface area contributed by atoms with Gasteiger partial charge >= 0.3 is 7.12 Å². The van der Waals surface area contributed by atoms with Crippen molar-refractivity contribution in [2.75, 3.05) is 0 Å². The molecule has 2 rings (SSSR count). The highest BCUT2D eigenvalue weighted by Gasteiger charge is 2.20. The zero-order valence-electron chi connectivity index (χ0n) is 8.22. The molecule has 3 N–H and O–H groups in total. The summed E-state index contributed by atoms with van der Waals surface area (Å²) in [5.74, 6) is 0. The highest BCUT2D eigenvalue weighted by molar-refractivity contribution is 6.58. The van der Waals surface area contributed by atoms with E-state index in [1.807, 2.05) is 42.5 Å². The molecule has 2 aromatic carbocycles. The molecule has 2 aromatic rings. The van der Waals surface area contributed by atoms with Crippen LogP contribution >= 0.6 is 0 Å². The van der Waals surface area contributed by atoms with Crippen LogP contribution in [0, 0.1) is 0 Å². The van der Waals surface area contributed by atoms with Crippen molar-refractivity contribution >= 4 is 12.6 Å². The van der Waals surface area contributed by atoms with Crippen LogP contribution < -0.4 is 5.46 Å². The topological polar surface area (TPSA) is 43.1 Å². The van der Waals surface area contributed by atoms with E-state index < -0.39 is 7.12 Å². The second kappa shape index (κ2) is 4.30. The van der Waals surface area contributed by atoms with Gasteiger partial charge in [0.15, 0.2) is 0 Å². The molecule has 0 atom stereocenters. The van der Waals surface area contributed by atoms with Gasteiger partial charge in [-0.15, -0.1) is 0 Å².